The van der Waals surface area contributed by atoms with Crippen molar-refractivity contribution in [1.29, 1.82) is 0 Å². The Bertz CT molecular complexity index is 821. The van der Waals surface area contributed by atoms with Crippen LogP contribution in [0, 0.1) is 5.92 Å². The molecule has 0 aliphatic carbocycles. The minimum Gasteiger partial charge on any atom is -0.494 e. The predicted octanol–water partition coefficient (Wildman–Crippen LogP) is 2.29. The average Bonchev–Trinajstić information content (AvgIpc) is 2.79. The number of likely N-dealkylation sites (N-methyl/N-ethyl adjacent to an activating group) is 1. The van der Waals surface area contributed by atoms with Gasteiger partial charge in [0.25, 0.3) is 5.91 Å². The molecule has 0 N–H and O–H groups in total. The van der Waals surface area contributed by atoms with Crippen molar-refractivity contribution < 1.29 is 19.1 Å². The highest BCUT2D eigenvalue weighted by atomic mass is 16.5. The van der Waals surface area contributed by atoms with E-state index in [0.29, 0.717) is 45.0 Å². The molecule has 0 unspecified atom stereocenters. The maximum atomic E-state index is 12.4. The average molecular weight is 412 g/mol. The largest absolute Gasteiger partial charge is 0.494 e. The molecule has 1 fully saturated rings. The first-order chi connectivity index (χ1) is 14.6. The van der Waals surface area contributed by atoms with E-state index in [-0.39, 0.29) is 24.4 Å². The highest BCUT2D eigenvalue weighted by molar-refractivity contribution is 5.81. The predicted molar refractivity (Wildman–Crippen MR) is 112 cm³/mol. The fraction of sp³-hybridized carbons (Fsp3) is 0.455. The fourth-order valence-corrected chi connectivity index (χ4v) is 3.35. The van der Waals surface area contributed by atoms with E-state index in [9.17, 15) is 9.59 Å². The van der Waals surface area contributed by atoms with Crippen LogP contribution in [0.1, 0.15) is 25.3 Å². The molecule has 30 heavy (non-hydrogen) atoms. The number of hydrogen-bond donors (Lipinski definition) is 0. The van der Waals surface area contributed by atoms with Crippen LogP contribution in [0.15, 0.2) is 42.7 Å². The third-order valence-electron chi connectivity index (χ3n) is 5.08. The van der Waals surface area contributed by atoms with Crippen LogP contribution in [0.5, 0.6) is 5.75 Å². The zero-order valence-electron chi connectivity index (χ0n) is 17.5. The molecule has 2 aromatic rings. The molecule has 1 aromatic heterocycles. The highest BCUT2D eigenvalue weighted by Crippen LogP contribution is 2.21. The molecule has 1 amide bonds. The first-order valence-corrected chi connectivity index (χ1v) is 10.2. The summed E-state index contributed by atoms with van der Waals surface area (Å²) >= 11 is 0. The Morgan fingerprint density at radius 2 is 1.80 bits per heavy atom. The Hall–Kier alpha value is -3.16. The van der Waals surface area contributed by atoms with Crippen molar-refractivity contribution in [2.75, 3.05) is 38.3 Å². The lowest BCUT2D eigenvalue weighted by atomic mass is 9.97. The van der Waals surface area contributed by atoms with Crippen LogP contribution in [-0.2, 0) is 20.9 Å². The lowest BCUT2D eigenvalue weighted by molar-refractivity contribution is -0.155. The van der Waals surface area contributed by atoms with Gasteiger partial charge < -0.3 is 19.3 Å². The van der Waals surface area contributed by atoms with Gasteiger partial charge in [-0.2, -0.15) is 0 Å². The van der Waals surface area contributed by atoms with Crippen LogP contribution in [0.3, 0.4) is 0 Å². The van der Waals surface area contributed by atoms with Gasteiger partial charge in [0.1, 0.15) is 5.75 Å². The second-order valence-electron chi connectivity index (χ2n) is 7.24. The fourth-order valence-electron chi connectivity index (χ4n) is 3.35. The van der Waals surface area contributed by atoms with Gasteiger partial charge in [0.2, 0.25) is 5.95 Å². The van der Waals surface area contributed by atoms with Crippen LogP contribution in [-0.4, -0.2) is 60.1 Å². The highest BCUT2D eigenvalue weighted by Gasteiger charge is 2.27. The number of nitrogens with zero attached hydrogens (tertiary/aromatic N) is 4. The number of rotatable bonds is 8. The van der Waals surface area contributed by atoms with E-state index < -0.39 is 0 Å². The first-order valence-electron chi connectivity index (χ1n) is 10.2. The summed E-state index contributed by atoms with van der Waals surface area (Å²) < 4.78 is 10.7. The molecular weight excluding hydrogens is 384 g/mol. The minimum absolute atomic E-state index is 0.200. The molecule has 0 spiro atoms. The summed E-state index contributed by atoms with van der Waals surface area (Å²) in [5.41, 5.74) is 0.983. The lowest BCUT2D eigenvalue weighted by Gasteiger charge is -2.30. The molecule has 2 heterocycles. The second-order valence-corrected chi connectivity index (χ2v) is 7.24. The summed E-state index contributed by atoms with van der Waals surface area (Å²) in [5.74, 6) is 0.734. The second kappa shape index (κ2) is 10.6. The zero-order chi connectivity index (χ0) is 21.3. The van der Waals surface area contributed by atoms with E-state index in [1.54, 1.807) is 30.4 Å². The molecule has 0 saturated carbocycles. The molecule has 1 aliphatic rings. The molecule has 0 radical (unpaired) electrons. The van der Waals surface area contributed by atoms with Crippen molar-refractivity contribution >= 4 is 17.8 Å². The van der Waals surface area contributed by atoms with Gasteiger partial charge in [-0.1, -0.05) is 12.1 Å². The van der Waals surface area contributed by atoms with Gasteiger partial charge in [0.15, 0.2) is 6.61 Å². The molecule has 8 nitrogen and oxygen atoms in total. The summed E-state index contributed by atoms with van der Waals surface area (Å²) in [6, 6.07) is 9.38. The Morgan fingerprint density at radius 1 is 1.13 bits per heavy atom. The van der Waals surface area contributed by atoms with Gasteiger partial charge in [-0.25, -0.2) is 9.97 Å². The quantitative estimate of drug-likeness (QED) is 0.615. The molecule has 160 valence electrons. The van der Waals surface area contributed by atoms with Crippen molar-refractivity contribution in [3.05, 3.63) is 48.3 Å². The number of carbonyl (C=O) groups excluding carboxylic acids is 2. The van der Waals surface area contributed by atoms with E-state index in [1.807, 2.05) is 31.2 Å². The maximum Gasteiger partial charge on any atom is 0.309 e. The Morgan fingerprint density at radius 3 is 2.43 bits per heavy atom. The Labute approximate surface area is 176 Å². The smallest absolute Gasteiger partial charge is 0.309 e. The van der Waals surface area contributed by atoms with Gasteiger partial charge in [-0.3, -0.25) is 9.59 Å². The van der Waals surface area contributed by atoms with Gasteiger partial charge in [0.05, 0.1) is 12.5 Å². The topological polar surface area (TPSA) is 84.9 Å². The maximum absolute atomic E-state index is 12.4. The third kappa shape index (κ3) is 5.92. The van der Waals surface area contributed by atoms with Crippen molar-refractivity contribution in [2.24, 2.45) is 5.92 Å². The van der Waals surface area contributed by atoms with Gasteiger partial charge in [-0.05, 0) is 43.5 Å². The number of benzene rings is 1. The molecule has 1 aromatic carbocycles. The van der Waals surface area contributed by atoms with E-state index in [4.69, 9.17) is 9.47 Å². The number of anilines is 1. The number of carbonyl (C=O) groups is 2. The summed E-state index contributed by atoms with van der Waals surface area (Å²) in [7, 11) is 1.70. The number of ether oxygens (including phenoxy) is 2. The number of piperidine rings is 1. The Balaban J connectivity index is 1.40. The standard InChI is InChI=1S/C22H28N4O4/c1-3-29-19-7-5-17(6-8-19)15-25(2)20(27)16-30-21(28)18-9-13-26(14-10-18)22-23-11-4-12-24-22/h4-8,11-12,18H,3,9-10,13-16H2,1-2H3. The normalized spacial score (nSPS) is 14.3. The van der Waals surface area contributed by atoms with Crippen molar-refractivity contribution in [3.63, 3.8) is 0 Å². The van der Waals surface area contributed by atoms with Gasteiger partial charge >= 0.3 is 5.97 Å². The van der Waals surface area contributed by atoms with Crippen molar-refractivity contribution in [2.45, 2.75) is 26.3 Å². The van der Waals surface area contributed by atoms with E-state index in [0.717, 1.165) is 11.3 Å². The van der Waals surface area contributed by atoms with Crippen LogP contribution in [0.4, 0.5) is 5.95 Å². The lowest BCUT2D eigenvalue weighted by Crippen LogP contribution is -2.38. The van der Waals surface area contributed by atoms with Gasteiger partial charge in [-0.15, -0.1) is 0 Å². The van der Waals surface area contributed by atoms with Crippen LogP contribution >= 0.6 is 0 Å². The van der Waals surface area contributed by atoms with E-state index in [1.165, 1.54) is 0 Å². The summed E-state index contributed by atoms with van der Waals surface area (Å²) in [6.45, 7) is 4.13. The van der Waals surface area contributed by atoms with Crippen molar-refractivity contribution in [3.8, 4) is 5.75 Å². The molecule has 0 bridgehead atoms. The number of esters is 1. The zero-order valence-corrected chi connectivity index (χ0v) is 17.5. The molecular formula is C22H28N4O4. The Kier molecular flexibility index (Phi) is 7.59. The molecule has 1 saturated heterocycles. The van der Waals surface area contributed by atoms with E-state index >= 15 is 0 Å². The molecule has 0 atom stereocenters. The summed E-state index contributed by atoms with van der Waals surface area (Å²) in [5, 5.41) is 0. The number of amides is 1. The van der Waals surface area contributed by atoms with Crippen LogP contribution < -0.4 is 9.64 Å². The van der Waals surface area contributed by atoms with Crippen molar-refractivity contribution in [1.82, 2.24) is 14.9 Å². The molecule has 3 rings (SSSR count). The van der Waals surface area contributed by atoms with E-state index in [2.05, 4.69) is 14.9 Å². The first kappa shape index (κ1) is 21.5. The molecule has 1 aliphatic heterocycles. The SMILES string of the molecule is CCOc1ccc(CN(C)C(=O)COC(=O)C2CCN(c3ncccn3)CC2)cc1. The van der Waals surface area contributed by atoms with Crippen LogP contribution in [0.25, 0.3) is 0 Å². The summed E-state index contributed by atoms with van der Waals surface area (Å²) in [4.78, 5) is 36.8. The monoisotopic (exact) mass is 412 g/mol. The minimum atomic E-state index is -0.313. The van der Waals surface area contributed by atoms with Crippen LogP contribution in [0.2, 0.25) is 0 Å². The third-order valence-corrected chi connectivity index (χ3v) is 5.08. The number of aromatic nitrogens is 2. The van der Waals surface area contributed by atoms with Gasteiger partial charge in [0, 0.05) is 39.1 Å². The number of hydrogen-bond acceptors (Lipinski definition) is 7. The molecule has 8 heteroatoms. The summed E-state index contributed by atoms with van der Waals surface area (Å²) in [6.07, 6.45) is 4.73.